The van der Waals surface area contributed by atoms with E-state index in [1.165, 1.54) is 0 Å². The Morgan fingerprint density at radius 1 is 1.47 bits per heavy atom. The van der Waals surface area contributed by atoms with Gasteiger partial charge in [0.1, 0.15) is 6.04 Å². The maximum absolute atomic E-state index is 9.36. The van der Waals surface area contributed by atoms with E-state index in [1.807, 2.05) is 24.3 Å². The van der Waals surface area contributed by atoms with Gasteiger partial charge in [0.05, 0.1) is 11.9 Å². The smallest absolute Gasteiger partial charge is 0.246 e. The van der Waals surface area contributed by atoms with E-state index in [4.69, 9.17) is 10.3 Å². The van der Waals surface area contributed by atoms with Crippen molar-refractivity contribution in [3.8, 4) is 0 Å². The number of benzene rings is 1. The number of thioether (sulfide) groups is 1. The van der Waals surface area contributed by atoms with Gasteiger partial charge in [-0.05, 0) is 35.0 Å². The number of hydrogen-bond acceptors (Lipinski definition) is 6. The van der Waals surface area contributed by atoms with Crippen LogP contribution in [-0.4, -0.2) is 21.4 Å². The van der Waals surface area contributed by atoms with E-state index in [9.17, 15) is 5.11 Å². The van der Waals surface area contributed by atoms with Crippen molar-refractivity contribution in [2.24, 2.45) is 5.73 Å². The van der Waals surface area contributed by atoms with Crippen molar-refractivity contribution in [2.75, 3.05) is 0 Å². The van der Waals surface area contributed by atoms with Crippen molar-refractivity contribution in [3.63, 3.8) is 0 Å². The first-order valence-corrected chi connectivity index (χ1v) is 7.49. The summed E-state index contributed by atoms with van der Waals surface area (Å²) in [7, 11) is 0. The number of aliphatic hydroxyl groups is 1. The Balaban J connectivity index is 1.99. The maximum atomic E-state index is 9.36. The molecule has 1 aromatic carbocycles. The molecule has 0 saturated carbocycles. The molecule has 0 aliphatic heterocycles. The fraction of sp³-hybridized carbons (Fsp3) is 0.333. The zero-order valence-electron chi connectivity index (χ0n) is 10.3. The zero-order valence-corrected chi connectivity index (χ0v) is 12.7. The Hall–Kier alpha value is -0.890. The van der Waals surface area contributed by atoms with Crippen LogP contribution >= 0.6 is 27.7 Å². The Morgan fingerprint density at radius 3 is 2.89 bits per heavy atom. The standard InChI is InChI=1S/C12H14BrN3O2S/c1-7(17)11(14)12-15-10(16-18-12)6-19-9-5-3-2-4-8(9)13/h2-5,7,11,17H,6,14H2,1H3/t7-,11+/m1/s1. The van der Waals surface area contributed by atoms with Crippen molar-refractivity contribution in [3.05, 3.63) is 40.5 Å². The Kier molecular flexibility index (Phi) is 4.98. The Bertz CT molecular complexity index is 547. The normalized spacial score (nSPS) is 14.3. The van der Waals surface area contributed by atoms with Gasteiger partial charge < -0.3 is 15.4 Å². The summed E-state index contributed by atoms with van der Waals surface area (Å²) in [4.78, 5) is 5.28. The molecule has 19 heavy (non-hydrogen) atoms. The summed E-state index contributed by atoms with van der Waals surface area (Å²) in [5.41, 5.74) is 5.72. The molecule has 0 spiro atoms. The highest BCUT2D eigenvalue weighted by Gasteiger charge is 2.19. The molecule has 5 nitrogen and oxygen atoms in total. The summed E-state index contributed by atoms with van der Waals surface area (Å²) in [6, 6.07) is 7.28. The van der Waals surface area contributed by atoms with E-state index < -0.39 is 12.1 Å². The molecule has 0 bridgehead atoms. The molecule has 2 atom stereocenters. The SMILES string of the molecule is C[C@@H](O)[C@H](N)c1nc(CSc2ccccc2Br)no1. The maximum Gasteiger partial charge on any atom is 0.246 e. The van der Waals surface area contributed by atoms with Crippen LogP contribution in [-0.2, 0) is 5.75 Å². The quantitative estimate of drug-likeness (QED) is 0.811. The first kappa shape index (κ1) is 14.5. The second-order valence-corrected chi connectivity index (χ2v) is 5.91. The van der Waals surface area contributed by atoms with Crippen LogP contribution in [0, 0.1) is 0 Å². The molecule has 0 unspecified atom stereocenters. The number of halogens is 1. The molecule has 0 radical (unpaired) electrons. The third-order valence-electron chi connectivity index (χ3n) is 2.48. The largest absolute Gasteiger partial charge is 0.391 e. The molecule has 7 heteroatoms. The fourth-order valence-electron chi connectivity index (χ4n) is 1.37. The highest BCUT2D eigenvalue weighted by atomic mass is 79.9. The molecule has 0 aliphatic carbocycles. The molecule has 1 aromatic heterocycles. The summed E-state index contributed by atoms with van der Waals surface area (Å²) in [6.45, 7) is 1.59. The van der Waals surface area contributed by atoms with Crippen LogP contribution in [0.5, 0.6) is 0 Å². The zero-order chi connectivity index (χ0) is 13.8. The summed E-state index contributed by atoms with van der Waals surface area (Å²) in [5, 5.41) is 13.2. The van der Waals surface area contributed by atoms with Crippen LogP contribution < -0.4 is 5.73 Å². The van der Waals surface area contributed by atoms with Gasteiger partial charge in [-0.1, -0.05) is 17.3 Å². The molecule has 2 rings (SSSR count). The number of nitrogens with two attached hydrogens (primary N) is 1. The average molecular weight is 344 g/mol. The van der Waals surface area contributed by atoms with E-state index >= 15 is 0 Å². The van der Waals surface area contributed by atoms with Crippen LogP contribution in [0.25, 0.3) is 0 Å². The molecular weight excluding hydrogens is 330 g/mol. The van der Waals surface area contributed by atoms with Crippen molar-refractivity contribution in [1.82, 2.24) is 10.1 Å². The summed E-state index contributed by atoms with van der Waals surface area (Å²) in [6.07, 6.45) is -0.718. The minimum absolute atomic E-state index is 0.262. The molecule has 0 fully saturated rings. The molecule has 2 aromatic rings. The predicted molar refractivity (Wildman–Crippen MR) is 76.6 cm³/mol. The summed E-state index contributed by atoms with van der Waals surface area (Å²) >= 11 is 5.08. The van der Waals surface area contributed by atoms with Crippen molar-refractivity contribution in [2.45, 2.75) is 29.7 Å². The third-order valence-corrected chi connectivity index (χ3v) is 4.51. The van der Waals surface area contributed by atoms with Crippen LogP contribution in [0.1, 0.15) is 24.7 Å². The molecule has 102 valence electrons. The number of hydrogen-bond donors (Lipinski definition) is 2. The number of aromatic nitrogens is 2. The van der Waals surface area contributed by atoms with E-state index in [2.05, 4.69) is 26.1 Å². The number of rotatable bonds is 5. The van der Waals surface area contributed by atoms with E-state index in [0.29, 0.717) is 11.6 Å². The Labute approximate surface area is 123 Å². The van der Waals surface area contributed by atoms with E-state index in [1.54, 1.807) is 18.7 Å². The van der Waals surface area contributed by atoms with Gasteiger partial charge in [0.2, 0.25) is 5.89 Å². The van der Waals surface area contributed by atoms with Crippen molar-refractivity contribution < 1.29 is 9.63 Å². The van der Waals surface area contributed by atoms with E-state index in [-0.39, 0.29) is 5.89 Å². The van der Waals surface area contributed by atoms with Gasteiger partial charge in [0.25, 0.3) is 0 Å². The van der Waals surface area contributed by atoms with Crippen LogP contribution in [0.4, 0.5) is 0 Å². The molecule has 0 aliphatic rings. The number of nitrogens with zero attached hydrogens (tertiary/aromatic N) is 2. The molecule has 1 heterocycles. The molecule has 0 amide bonds. The predicted octanol–water partition coefficient (Wildman–Crippen LogP) is 2.51. The van der Waals surface area contributed by atoms with Crippen LogP contribution in [0.2, 0.25) is 0 Å². The lowest BCUT2D eigenvalue weighted by atomic mass is 10.2. The topological polar surface area (TPSA) is 85.2 Å². The minimum atomic E-state index is -0.718. The van der Waals surface area contributed by atoms with Crippen molar-refractivity contribution >= 4 is 27.7 Å². The van der Waals surface area contributed by atoms with Gasteiger partial charge in [-0.25, -0.2) is 0 Å². The van der Waals surface area contributed by atoms with E-state index in [0.717, 1.165) is 9.37 Å². The van der Waals surface area contributed by atoms with Gasteiger partial charge >= 0.3 is 0 Å². The van der Waals surface area contributed by atoms with Crippen molar-refractivity contribution in [1.29, 1.82) is 0 Å². The van der Waals surface area contributed by atoms with Gasteiger partial charge in [-0.15, -0.1) is 11.8 Å². The summed E-state index contributed by atoms with van der Waals surface area (Å²) < 4.78 is 6.07. The first-order valence-electron chi connectivity index (χ1n) is 5.71. The highest BCUT2D eigenvalue weighted by molar-refractivity contribution is 9.10. The lowest BCUT2D eigenvalue weighted by Crippen LogP contribution is -2.23. The van der Waals surface area contributed by atoms with Gasteiger partial charge in [0, 0.05) is 9.37 Å². The van der Waals surface area contributed by atoms with Gasteiger partial charge in [-0.2, -0.15) is 4.98 Å². The fourth-order valence-corrected chi connectivity index (χ4v) is 2.78. The summed E-state index contributed by atoms with van der Waals surface area (Å²) in [5.74, 6) is 1.41. The Morgan fingerprint density at radius 2 is 2.21 bits per heavy atom. The number of aliphatic hydroxyl groups excluding tert-OH is 1. The lowest BCUT2D eigenvalue weighted by molar-refractivity contribution is 0.146. The molecule has 0 saturated heterocycles. The van der Waals surface area contributed by atoms with Crippen LogP contribution in [0.15, 0.2) is 38.2 Å². The van der Waals surface area contributed by atoms with Gasteiger partial charge in [0.15, 0.2) is 5.82 Å². The minimum Gasteiger partial charge on any atom is -0.391 e. The highest BCUT2D eigenvalue weighted by Crippen LogP contribution is 2.29. The molecule has 3 N–H and O–H groups in total. The lowest BCUT2D eigenvalue weighted by Gasteiger charge is -2.08. The third kappa shape index (κ3) is 3.79. The second-order valence-electron chi connectivity index (χ2n) is 4.03. The molecular formula is C12H14BrN3O2S. The van der Waals surface area contributed by atoms with Crippen LogP contribution in [0.3, 0.4) is 0 Å². The average Bonchev–Trinajstić information content (AvgIpc) is 2.85. The monoisotopic (exact) mass is 343 g/mol. The van der Waals surface area contributed by atoms with Gasteiger partial charge in [-0.3, -0.25) is 0 Å². The first-order chi connectivity index (χ1) is 9.08. The second kappa shape index (κ2) is 6.51.